The average molecular weight is 449 g/mol. The summed E-state index contributed by atoms with van der Waals surface area (Å²) in [4.78, 5) is 14.5. The lowest BCUT2D eigenvalue weighted by Gasteiger charge is -2.24. The molecule has 0 spiro atoms. The number of benzene rings is 1. The van der Waals surface area contributed by atoms with E-state index < -0.39 is 0 Å². The summed E-state index contributed by atoms with van der Waals surface area (Å²) >= 11 is 2.72. The minimum Gasteiger partial charge on any atom is -0.350 e. The average Bonchev–Trinajstić information content (AvgIpc) is 3.21. The first-order valence-corrected chi connectivity index (χ1v) is 12.3. The summed E-state index contributed by atoms with van der Waals surface area (Å²) in [6.07, 6.45) is 5.36. The number of unbranched alkanes of at least 4 members (excludes halogenated alkanes) is 1. The molecule has 1 aromatic heterocycles. The van der Waals surface area contributed by atoms with Gasteiger partial charge in [-0.05, 0) is 24.8 Å². The molecule has 0 bridgehead atoms. The molecule has 0 atom stereocenters. The zero-order chi connectivity index (χ0) is 21.8. The normalized spacial score (nSPS) is 11.5. The fraction of sp³-hybridized carbons (Fsp3) is 0.524. The van der Waals surface area contributed by atoms with Crippen LogP contribution in [0.1, 0.15) is 52.0 Å². The third-order valence-electron chi connectivity index (χ3n) is 4.40. The van der Waals surface area contributed by atoms with Gasteiger partial charge in [-0.1, -0.05) is 81.0 Å². The summed E-state index contributed by atoms with van der Waals surface area (Å²) in [5, 5.41) is 17.0. The second-order valence-electron chi connectivity index (χ2n) is 6.95. The number of nitrogens with two attached hydrogens (primary N) is 1. The van der Waals surface area contributed by atoms with E-state index in [4.69, 9.17) is 5.84 Å². The SMILES string of the molecule is CCCCN(CCC)/C(=N\N)SCC(=O)Nc1nnc(-c2ccc(CCC)cc2)s1. The van der Waals surface area contributed by atoms with Crippen molar-refractivity contribution in [1.29, 1.82) is 0 Å². The molecule has 0 saturated carbocycles. The van der Waals surface area contributed by atoms with Crippen LogP contribution in [0.15, 0.2) is 29.4 Å². The molecule has 30 heavy (non-hydrogen) atoms. The van der Waals surface area contributed by atoms with Crippen LogP contribution in [0.25, 0.3) is 10.6 Å². The predicted molar refractivity (Wildman–Crippen MR) is 129 cm³/mol. The molecule has 0 aliphatic heterocycles. The Hall–Kier alpha value is -2.13. The quantitative estimate of drug-likeness (QED) is 0.226. The van der Waals surface area contributed by atoms with Gasteiger partial charge in [-0.15, -0.1) is 10.2 Å². The first kappa shape index (κ1) is 24.1. The summed E-state index contributed by atoms with van der Waals surface area (Å²) in [5.41, 5.74) is 2.32. The molecule has 0 saturated heterocycles. The Labute approximate surface area is 187 Å². The van der Waals surface area contributed by atoms with Crippen molar-refractivity contribution in [1.82, 2.24) is 15.1 Å². The first-order chi connectivity index (χ1) is 14.6. The lowest BCUT2D eigenvalue weighted by atomic mass is 10.1. The maximum Gasteiger partial charge on any atom is 0.236 e. The smallest absolute Gasteiger partial charge is 0.236 e. The number of thioether (sulfide) groups is 1. The zero-order valence-electron chi connectivity index (χ0n) is 18.1. The minimum atomic E-state index is -0.144. The number of hydrogen-bond donors (Lipinski definition) is 2. The number of carbonyl (C=O) groups excluding carboxylic acids is 1. The van der Waals surface area contributed by atoms with E-state index in [1.807, 2.05) is 0 Å². The molecule has 0 radical (unpaired) electrons. The van der Waals surface area contributed by atoms with Gasteiger partial charge in [0.15, 0.2) is 5.17 Å². The molecule has 0 aliphatic rings. The lowest BCUT2D eigenvalue weighted by molar-refractivity contribution is -0.113. The van der Waals surface area contributed by atoms with Gasteiger partial charge in [-0.25, -0.2) is 0 Å². The standard InChI is InChI=1S/C21H32N6OS2/c1-4-7-14-27(13-6-3)21(24-22)29-15-18(28)23-20-26-25-19(30-20)17-11-9-16(8-5-2)10-12-17/h9-12H,4-8,13-15,22H2,1-3H3,(H,23,26,28)/b24-21+. The van der Waals surface area contributed by atoms with Gasteiger partial charge in [0.05, 0.1) is 5.75 Å². The topological polar surface area (TPSA) is 96.5 Å². The van der Waals surface area contributed by atoms with Crippen LogP contribution in [-0.4, -0.2) is 45.0 Å². The van der Waals surface area contributed by atoms with Crippen molar-refractivity contribution in [2.24, 2.45) is 10.9 Å². The molecular weight excluding hydrogens is 416 g/mol. The summed E-state index contributed by atoms with van der Waals surface area (Å²) < 4.78 is 0. The highest BCUT2D eigenvalue weighted by Gasteiger charge is 2.15. The molecule has 2 rings (SSSR count). The van der Waals surface area contributed by atoms with Gasteiger partial charge >= 0.3 is 0 Å². The van der Waals surface area contributed by atoms with E-state index >= 15 is 0 Å². The van der Waals surface area contributed by atoms with E-state index in [9.17, 15) is 4.79 Å². The van der Waals surface area contributed by atoms with Crippen LogP contribution in [-0.2, 0) is 11.2 Å². The van der Waals surface area contributed by atoms with Crippen LogP contribution in [0, 0.1) is 0 Å². The van der Waals surface area contributed by atoms with Crippen LogP contribution in [0.2, 0.25) is 0 Å². The van der Waals surface area contributed by atoms with Gasteiger partial charge in [-0.2, -0.15) is 5.10 Å². The van der Waals surface area contributed by atoms with E-state index in [0.717, 1.165) is 55.8 Å². The Kier molecular flexibility index (Phi) is 10.6. The van der Waals surface area contributed by atoms with Crippen molar-refractivity contribution in [3.05, 3.63) is 29.8 Å². The van der Waals surface area contributed by atoms with Crippen molar-refractivity contribution in [3.8, 4) is 10.6 Å². The van der Waals surface area contributed by atoms with Crippen molar-refractivity contribution in [2.45, 2.75) is 52.9 Å². The second kappa shape index (κ2) is 13.2. The number of anilines is 1. The van der Waals surface area contributed by atoms with Crippen molar-refractivity contribution in [3.63, 3.8) is 0 Å². The molecule has 3 N–H and O–H groups in total. The van der Waals surface area contributed by atoms with Gasteiger partial charge in [0, 0.05) is 18.7 Å². The maximum absolute atomic E-state index is 12.4. The number of rotatable bonds is 11. The minimum absolute atomic E-state index is 0.144. The van der Waals surface area contributed by atoms with E-state index in [2.05, 4.69) is 70.6 Å². The molecule has 7 nitrogen and oxygen atoms in total. The Balaban J connectivity index is 1.90. The molecule has 0 fully saturated rings. The lowest BCUT2D eigenvalue weighted by Crippen LogP contribution is -2.32. The summed E-state index contributed by atoms with van der Waals surface area (Å²) in [6.45, 7) is 8.21. The summed E-state index contributed by atoms with van der Waals surface area (Å²) in [6, 6.07) is 8.33. The number of nitrogens with one attached hydrogen (secondary N) is 1. The van der Waals surface area contributed by atoms with Crippen LogP contribution >= 0.6 is 23.1 Å². The third kappa shape index (κ3) is 7.60. The number of aryl methyl sites for hydroxylation is 1. The Morgan fingerprint density at radius 2 is 1.90 bits per heavy atom. The highest BCUT2D eigenvalue weighted by Crippen LogP contribution is 2.27. The van der Waals surface area contributed by atoms with Gasteiger partial charge in [0.2, 0.25) is 11.0 Å². The number of hydrogen-bond acceptors (Lipinski definition) is 7. The molecule has 0 unspecified atom stereocenters. The van der Waals surface area contributed by atoms with Crippen molar-refractivity contribution < 1.29 is 4.79 Å². The summed E-state index contributed by atoms with van der Waals surface area (Å²) in [5.74, 6) is 5.67. The van der Waals surface area contributed by atoms with E-state index in [-0.39, 0.29) is 11.7 Å². The van der Waals surface area contributed by atoms with Crippen LogP contribution in [0.5, 0.6) is 0 Å². The predicted octanol–water partition coefficient (Wildman–Crippen LogP) is 4.57. The number of aromatic nitrogens is 2. The molecule has 1 heterocycles. The fourth-order valence-electron chi connectivity index (χ4n) is 2.91. The zero-order valence-corrected chi connectivity index (χ0v) is 19.7. The third-order valence-corrected chi connectivity index (χ3v) is 6.32. The number of nitrogens with zero attached hydrogens (tertiary/aromatic N) is 4. The van der Waals surface area contributed by atoms with Crippen LogP contribution < -0.4 is 11.2 Å². The Morgan fingerprint density at radius 3 is 2.53 bits per heavy atom. The first-order valence-electron chi connectivity index (χ1n) is 10.5. The molecule has 9 heteroatoms. The molecule has 1 aromatic carbocycles. The van der Waals surface area contributed by atoms with Gasteiger partial charge in [0.1, 0.15) is 5.01 Å². The number of hydrazone groups is 1. The number of amidine groups is 1. The molecule has 1 amide bonds. The Morgan fingerprint density at radius 1 is 1.13 bits per heavy atom. The molecular formula is C21H32N6OS2. The maximum atomic E-state index is 12.4. The van der Waals surface area contributed by atoms with Crippen molar-refractivity contribution in [2.75, 3.05) is 24.2 Å². The molecule has 164 valence electrons. The highest BCUT2D eigenvalue weighted by molar-refractivity contribution is 8.14. The monoisotopic (exact) mass is 448 g/mol. The van der Waals surface area contributed by atoms with E-state index in [1.54, 1.807) is 0 Å². The van der Waals surface area contributed by atoms with Crippen molar-refractivity contribution >= 4 is 39.3 Å². The molecule has 0 aliphatic carbocycles. The van der Waals surface area contributed by atoms with E-state index in [1.165, 1.54) is 28.7 Å². The fourth-order valence-corrected chi connectivity index (χ4v) is 4.45. The van der Waals surface area contributed by atoms with Gasteiger partial charge in [-0.3, -0.25) is 10.1 Å². The highest BCUT2D eigenvalue weighted by atomic mass is 32.2. The number of carbonyl (C=O) groups is 1. The number of amides is 1. The second-order valence-corrected chi connectivity index (χ2v) is 8.87. The Bertz CT molecular complexity index is 806. The summed E-state index contributed by atoms with van der Waals surface area (Å²) in [7, 11) is 0. The largest absolute Gasteiger partial charge is 0.350 e. The van der Waals surface area contributed by atoms with Gasteiger partial charge < -0.3 is 10.7 Å². The van der Waals surface area contributed by atoms with Gasteiger partial charge in [0.25, 0.3) is 0 Å². The van der Waals surface area contributed by atoms with E-state index in [0.29, 0.717) is 10.3 Å². The van der Waals surface area contributed by atoms with Crippen LogP contribution in [0.4, 0.5) is 5.13 Å². The van der Waals surface area contributed by atoms with Crippen LogP contribution in [0.3, 0.4) is 0 Å². The molecule has 2 aromatic rings.